The molecule has 9 heteroatoms. The number of fused-ring (bicyclic) bond motifs is 2. The highest BCUT2D eigenvalue weighted by molar-refractivity contribution is 5.99. The van der Waals surface area contributed by atoms with E-state index >= 15 is 0 Å². The zero-order chi connectivity index (χ0) is 20.5. The van der Waals surface area contributed by atoms with Crippen LogP contribution in [0.15, 0.2) is 35.3 Å². The molecule has 2 aliphatic heterocycles. The fourth-order valence-corrected chi connectivity index (χ4v) is 3.73. The average Bonchev–Trinajstić information content (AvgIpc) is 2.95. The Morgan fingerprint density at radius 1 is 1.24 bits per heavy atom. The molecule has 0 radical (unpaired) electrons. The Morgan fingerprint density at radius 2 is 2.00 bits per heavy atom. The number of carbonyl (C=O) groups excluding carboxylic acids is 2. The summed E-state index contributed by atoms with van der Waals surface area (Å²) in [4.78, 5) is 39.5. The van der Waals surface area contributed by atoms with Crippen molar-refractivity contribution in [3.05, 3.63) is 63.3 Å². The first kappa shape index (κ1) is 19.1. The van der Waals surface area contributed by atoms with Crippen LogP contribution in [0, 0.1) is 5.82 Å². The minimum Gasteiger partial charge on any atom is -0.503 e. The maximum absolute atomic E-state index is 13.0. The number of rotatable bonds is 3. The van der Waals surface area contributed by atoms with E-state index in [0.29, 0.717) is 18.7 Å². The van der Waals surface area contributed by atoms with Gasteiger partial charge in [0.05, 0.1) is 6.54 Å². The monoisotopic (exact) mass is 400 g/mol. The predicted molar refractivity (Wildman–Crippen MR) is 102 cm³/mol. The van der Waals surface area contributed by atoms with E-state index in [2.05, 4.69) is 10.6 Å². The van der Waals surface area contributed by atoms with E-state index in [0.717, 1.165) is 19.4 Å². The van der Waals surface area contributed by atoms with Gasteiger partial charge in [-0.25, -0.2) is 4.39 Å². The largest absolute Gasteiger partial charge is 0.503 e. The summed E-state index contributed by atoms with van der Waals surface area (Å²) in [6.45, 7) is 1.73. The first-order valence-electron chi connectivity index (χ1n) is 9.49. The number of nitrogens with zero attached hydrogens (tertiary/aromatic N) is 2. The fourth-order valence-electron chi connectivity index (χ4n) is 3.73. The molecule has 1 fully saturated rings. The van der Waals surface area contributed by atoms with Gasteiger partial charge in [0.1, 0.15) is 17.5 Å². The summed E-state index contributed by atoms with van der Waals surface area (Å²) < 4.78 is 14.5. The van der Waals surface area contributed by atoms with Crippen molar-refractivity contribution in [2.45, 2.75) is 32.1 Å². The van der Waals surface area contributed by atoms with Crippen molar-refractivity contribution in [3.63, 3.8) is 0 Å². The fraction of sp³-hybridized carbons (Fsp3) is 0.350. The first-order valence-corrected chi connectivity index (χ1v) is 9.49. The molecule has 0 aliphatic carbocycles. The van der Waals surface area contributed by atoms with Crippen molar-refractivity contribution >= 4 is 11.8 Å². The van der Waals surface area contributed by atoms with Gasteiger partial charge in [-0.2, -0.15) is 0 Å². The molecule has 2 amide bonds. The van der Waals surface area contributed by atoms with Crippen LogP contribution in [0.5, 0.6) is 5.75 Å². The zero-order valence-electron chi connectivity index (χ0n) is 15.7. The molecule has 4 rings (SSSR count). The predicted octanol–water partition coefficient (Wildman–Crippen LogP) is 0.788. The second-order valence-corrected chi connectivity index (χ2v) is 7.21. The van der Waals surface area contributed by atoms with E-state index in [-0.39, 0.29) is 29.8 Å². The molecule has 3 heterocycles. The number of hydrogen-bond acceptors (Lipinski definition) is 5. The van der Waals surface area contributed by atoms with Crippen LogP contribution in [0.1, 0.15) is 39.3 Å². The molecule has 0 saturated carbocycles. The van der Waals surface area contributed by atoms with Crippen LogP contribution in [-0.2, 0) is 13.1 Å². The van der Waals surface area contributed by atoms with Crippen LogP contribution in [-0.4, -0.2) is 45.6 Å². The van der Waals surface area contributed by atoms with Gasteiger partial charge in [-0.05, 0) is 37.1 Å². The van der Waals surface area contributed by atoms with Gasteiger partial charge in [0.15, 0.2) is 11.4 Å². The Morgan fingerprint density at radius 3 is 2.76 bits per heavy atom. The van der Waals surface area contributed by atoms with Crippen LogP contribution in [0.25, 0.3) is 0 Å². The Labute approximate surface area is 165 Å². The lowest BCUT2D eigenvalue weighted by molar-refractivity contribution is 0.0559. The lowest BCUT2D eigenvalue weighted by Gasteiger charge is -2.36. The number of halogens is 1. The summed E-state index contributed by atoms with van der Waals surface area (Å²) in [6, 6.07) is 5.60. The second kappa shape index (κ2) is 7.67. The van der Waals surface area contributed by atoms with Crippen LogP contribution < -0.4 is 16.1 Å². The third kappa shape index (κ3) is 3.61. The molecular formula is C20H21FN4O4. The molecule has 1 aromatic carbocycles. The molecule has 1 saturated heterocycles. The molecule has 2 aromatic rings. The number of hydrogen-bond donors (Lipinski definition) is 3. The van der Waals surface area contributed by atoms with Crippen molar-refractivity contribution in [2.75, 3.05) is 13.1 Å². The van der Waals surface area contributed by atoms with Gasteiger partial charge in [0, 0.05) is 19.3 Å². The van der Waals surface area contributed by atoms with E-state index in [9.17, 15) is 23.9 Å². The summed E-state index contributed by atoms with van der Waals surface area (Å²) in [5.41, 5.74) is -0.564. The van der Waals surface area contributed by atoms with Crippen LogP contribution in [0.4, 0.5) is 4.39 Å². The third-order valence-corrected chi connectivity index (χ3v) is 5.28. The number of aromatic hydroxyl groups is 1. The lowest BCUT2D eigenvalue weighted by atomic mass is 10.1. The van der Waals surface area contributed by atoms with Crippen LogP contribution >= 0.6 is 0 Å². The van der Waals surface area contributed by atoms with Crippen molar-refractivity contribution in [1.29, 1.82) is 0 Å². The zero-order valence-corrected chi connectivity index (χ0v) is 15.7. The minimum atomic E-state index is -0.887. The van der Waals surface area contributed by atoms with E-state index in [1.54, 1.807) is 4.90 Å². The maximum atomic E-state index is 13.0. The van der Waals surface area contributed by atoms with Crippen molar-refractivity contribution in [2.24, 2.45) is 0 Å². The Bertz CT molecular complexity index is 1020. The first-order chi connectivity index (χ1) is 14.0. The molecule has 0 bridgehead atoms. The summed E-state index contributed by atoms with van der Waals surface area (Å²) in [7, 11) is 0. The summed E-state index contributed by atoms with van der Waals surface area (Å²) in [5, 5.41) is 16.3. The molecule has 8 nitrogen and oxygen atoms in total. The average molecular weight is 400 g/mol. The number of carbonyl (C=O) groups is 2. The van der Waals surface area contributed by atoms with E-state index in [1.165, 1.54) is 35.0 Å². The SMILES string of the molecule is O=C(NCc1ccc(F)cc1)c1cn2c(c(O)c1=O)C(=O)N1CCCCNC1C2. The molecule has 1 aromatic heterocycles. The number of amides is 2. The van der Waals surface area contributed by atoms with Crippen molar-refractivity contribution < 1.29 is 19.1 Å². The van der Waals surface area contributed by atoms with Crippen LogP contribution in [0.3, 0.4) is 0 Å². The number of pyridine rings is 1. The van der Waals surface area contributed by atoms with Gasteiger partial charge in [-0.15, -0.1) is 0 Å². The summed E-state index contributed by atoms with van der Waals surface area (Å²) >= 11 is 0. The van der Waals surface area contributed by atoms with E-state index < -0.39 is 23.0 Å². The third-order valence-electron chi connectivity index (χ3n) is 5.28. The molecule has 152 valence electrons. The van der Waals surface area contributed by atoms with Crippen molar-refractivity contribution in [3.8, 4) is 5.75 Å². The van der Waals surface area contributed by atoms with Gasteiger partial charge >= 0.3 is 0 Å². The molecule has 1 unspecified atom stereocenters. The highest BCUT2D eigenvalue weighted by Crippen LogP contribution is 2.24. The smallest absolute Gasteiger partial charge is 0.275 e. The normalized spacial score (nSPS) is 18.6. The summed E-state index contributed by atoms with van der Waals surface area (Å²) in [6.07, 6.45) is 2.83. The maximum Gasteiger partial charge on any atom is 0.275 e. The number of nitrogens with one attached hydrogen (secondary N) is 2. The Hall–Kier alpha value is -3.20. The topological polar surface area (TPSA) is 104 Å². The molecule has 2 aliphatic rings. The Kier molecular flexibility index (Phi) is 5.06. The van der Waals surface area contributed by atoms with Gasteiger partial charge in [0.2, 0.25) is 5.43 Å². The van der Waals surface area contributed by atoms with Gasteiger partial charge in [-0.3, -0.25) is 19.7 Å². The van der Waals surface area contributed by atoms with E-state index in [1.807, 2.05) is 0 Å². The molecule has 29 heavy (non-hydrogen) atoms. The highest BCUT2D eigenvalue weighted by atomic mass is 19.1. The lowest BCUT2D eigenvalue weighted by Crippen LogP contribution is -2.54. The second-order valence-electron chi connectivity index (χ2n) is 7.21. The summed E-state index contributed by atoms with van der Waals surface area (Å²) in [5.74, 6) is -2.20. The van der Waals surface area contributed by atoms with Gasteiger partial charge in [0.25, 0.3) is 11.8 Å². The minimum absolute atomic E-state index is 0.0926. The molecule has 0 spiro atoms. The standard InChI is InChI=1S/C20H21FN4O4/c21-13-5-3-12(4-6-13)9-23-19(28)14-10-24-11-15-22-7-1-2-8-25(15)20(29)16(24)18(27)17(14)26/h3-6,10,15,22,27H,1-2,7-9,11H2,(H,23,28). The highest BCUT2D eigenvalue weighted by Gasteiger charge is 2.36. The number of benzene rings is 1. The van der Waals surface area contributed by atoms with Crippen LogP contribution in [0.2, 0.25) is 0 Å². The van der Waals surface area contributed by atoms with Gasteiger partial charge in [-0.1, -0.05) is 12.1 Å². The molecule has 3 N–H and O–H groups in total. The number of aromatic nitrogens is 1. The Balaban J connectivity index is 1.61. The quantitative estimate of drug-likeness (QED) is 0.707. The van der Waals surface area contributed by atoms with Gasteiger partial charge < -0.3 is 19.9 Å². The molecular weight excluding hydrogens is 379 g/mol. The molecule has 1 atom stereocenters. The van der Waals surface area contributed by atoms with E-state index in [4.69, 9.17) is 0 Å². The van der Waals surface area contributed by atoms with Crippen molar-refractivity contribution in [1.82, 2.24) is 20.1 Å².